The molecule has 0 saturated carbocycles. The zero-order chi connectivity index (χ0) is 11.0. The van der Waals surface area contributed by atoms with Crippen LogP contribution in [-0.4, -0.2) is 11.7 Å². The van der Waals surface area contributed by atoms with Crippen LogP contribution in [0.2, 0.25) is 0 Å². The van der Waals surface area contributed by atoms with E-state index in [1.165, 1.54) is 5.56 Å². The summed E-state index contributed by atoms with van der Waals surface area (Å²) in [5, 5.41) is 8.83. The number of anilines is 1. The monoisotopic (exact) mass is 195 g/mol. The number of aliphatic hydroxyl groups is 1. The largest absolute Gasteiger partial charge is 0.399 e. The molecule has 2 nitrogen and oxygen atoms in total. The Balaban J connectivity index is 0.000000791. The van der Waals surface area contributed by atoms with Crippen LogP contribution in [0.5, 0.6) is 0 Å². The second kappa shape index (κ2) is 7.39. The van der Waals surface area contributed by atoms with Crippen LogP contribution in [0.15, 0.2) is 24.3 Å². The third-order valence-electron chi connectivity index (χ3n) is 1.88. The average molecular weight is 195 g/mol. The molecule has 2 heteroatoms. The smallest absolute Gasteiger partial charge is 0.0459 e. The van der Waals surface area contributed by atoms with E-state index in [1.807, 2.05) is 45.0 Å². The molecular weight excluding hydrogens is 174 g/mol. The summed E-state index contributed by atoms with van der Waals surface area (Å²) < 4.78 is 0. The standard InChI is InChI=1S/C10H15NO.C2H6/c1-8(7-12)6-9-2-4-10(11)5-3-9;1-2/h2-5,8,12H,6-7,11H2,1H3;1-2H3. The summed E-state index contributed by atoms with van der Waals surface area (Å²) in [5.74, 6) is 0.327. The van der Waals surface area contributed by atoms with Crippen LogP contribution >= 0.6 is 0 Å². The quantitative estimate of drug-likeness (QED) is 0.728. The van der Waals surface area contributed by atoms with Crippen LogP contribution in [0.1, 0.15) is 26.3 Å². The molecule has 0 aliphatic rings. The summed E-state index contributed by atoms with van der Waals surface area (Å²) in [5.41, 5.74) is 7.56. The topological polar surface area (TPSA) is 46.2 Å². The van der Waals surface area contributed by atoms with Crippen molar-refractivity contribution in [2.24, 2.45) is 5.92 Å². The first-order valence-electron chi connectivity index (χ1n) is 5.17. The lowest BCUT2D eigenvalue weighted by atomic mass is 10.0. The Bertz CT molecular complexity index is 231. The summed E-state index contributed by atoms with van der Waals surface area (Å²) in [7, 11) is 0. The second-order valence-electron chi connectivity index (χ2n) is 3.23. The van der Waals surface area contributed by atoms with Crippen molar-refractivity contribution in [3.05, 3.63) is 29.8 Å². The van der Waals surface area contributed by atoms with Gasteiger partial charge in [-0.15, -0.1) is 0 Å². The number of hydrogen-bond acceptors (Lipinski definition) is 2. The Hall–Kier alpha value is -1.02. The van der Waals surface area contributed by atoms with Crippen LogP contribution in [0, 0.1) is 5.92 Å². The van der Waals surface area contributed by atoms with Gasteiger partial charge in [0, 0.05) is 12.3 Å². The van der Waals surface area contributed by atoms with Crippen molar-refractivity contribution in [2.45, 2.75) is 27.2 Å². The maximum absolute atomic E-state index is 8.83. The van der Waals surface area contributed by atoms with E-state index >= 15 is 0 Å². The minimum atomic E-state index is 0.240. The number of benzene rings is 1. The summed E-state index contributed by atoms with van der Waals surface area (Å²) >= 11 is 0. The zero-order valence-corrected chi connectivity index (χ0v) is 9.33. The Morgan fingerprint density at radius 1 is 1.21 bits per heavy atom. The molecule has 0 radical (unpaired) electrons. The molecule has 1 aromatic carbocycles. The van der Waals surface area contributed by atoms with E-state index in [0.717, 1.165) is 12.1 Å². The molecular formula is C12H21NO. The molecule has 14 heavy (non-hydrogen) atoms. The van der Waals surface area contributed by atoms with Gasteiger partial charge in [0.1, 0.15) is 0 Å². The lowest BCUT2D eigenvalue weighted by Gasteiger charge is -2.07. The third-order valence-corrected chi connectivity index (χ3v) is 1.88. The molecule has 1 atom stereocenters. The Kier molecular flexibility index (Phi) is 6.85. The van der Waals surface area contributed by atoms with Crippen LogP contribution in [0.4, 0.5) is 5.69 Å². The minimum Gasteiger partial charge on any atom is -0.399 e. The Labute approximate surface area is 86.8 Å². The highest BCUT2D eigenvalue weighted by molar-refractivity contribution is 5.39. The van der Waals surface area contributed by atoms with Crippen molar-refractivity contribution in [3.63, 3.8) is 0 Å². The molecule has 80 valence electrons. The van der Waals surface area contributed by atoms with E-state index in [1.54, 1.807) is 0 Å². The van der Waals surface area contributed by atoms with Crippen molar-refractivity contribution in [2.75, 3.05) is 12.3 Å². The highest BCUT2D eigenvalue weighted by Crippen LogP contribution is 2.10. The van der Waals surface area contributed by atoms with Crippen molar-refractivity contribution in [1.29, 1.82) is 0 Å². The number of nitrogen functional groups attached to an aromatic ring is 1. The van der Waals surface area contributed by atoms with Gasteiger partial charge in [0.25, 0.3) is 0 Å². The van der Waals surface area contributed by atoms with E-state index in [9.17, 15) is 0 Å². The molecule has 1 rings (SSSR count). The lowest BCUT2D eigenvalue weighted by Crippen LogP contribution is -2.04. The van der Waals surface area contributed by atoms with Crippen molar-refractivity contribution in [1.82, 2.24) is 0 Å². The zero-order valence-electron chi connectivity index (χ0n) is 9.33. The van der Waals surface area contributed by atoms with Crippen LogP contribution in [0.25, 0.3) is 0 Å². The van der Waals surface area contributed by atoms with Crippen LogP contribution < -0.4 is 5.73 Å². The predicted octanol–water partition coefficient (Wildman–Crippen LogP) is 2.47. The van der Waals surface area contributed by atoms with Gasteiger partial charge in [-0.05, 0) is 30.0 Å². The molecule has 0 spiro atoms. The molecule has 1 unspecified atom stereocenters. The van der Waals surface area contributed by atoms with Gasteiger partial charge in [0.05, 0.1) is 0 Å². The summed E-state index contributed by atoms with van der Waals surface area (Å²) in [6, 6.07) is 7.78. The molecule has 0 bridgehead atoms. The van der Waals surface area contributed by atoms with Gasteiger partial charge in [-0.2, -0.15) is 0 Å². The first-order valence-corrected chi connectivity index (χ1v) is 5.17. The van der Waals surface area contributed by atoms with E-state index in [-0.39, 0.29) is 6.61 Å². The number of nitrogens with two attached hydrogens (primary N) is 1. The Morgan fingerprint density at radius 2 is 1.71 bits per heavy atom. The van der Waals surface area contributed by atoms with E-state index < -0.39 is 0 Å². The van der Waals surface area contributed by atoms with Crippen LogP contribution in [0.3, 0.4) is 0 Å². The van der Waals surface area contributed by atoms with Crippen molar-refractivity contribution in [3.8, 4) is 0 Å². The fraction of sp³-hybridized carbons (Fsp3) is 0.500. The normalized spacial score (nSPS) is 11.4. The maximum Gasteiger partial charge on any atom is 0.0459 e. The fourth-order valence-corrected chi connectivity index (χ4v) is 1.12. The predicted molar refractivity (Wildman–Crippen MR) is 62.2 cm³/mol. The molecule has 0 aliphatic heterocycles. The van der Waals surface area contributed by atoms with Gasteiger partial charge in [-0.1, -0.05) is 32.9 Å². The highest BCUT2D eigenvalue weighted by atomic mass is 16.3. The van der Waals surface area contributed by atoms with Gasteiger partial charge >= 0.3 is 0 Å². The maximum atomic E-state index is 8.83. The van der Waals surface area contributed by atoms with E-state index in [2.05, 4.69) is 0 Å². The third kappa shape index (κ3) is 4.87. The minimum absolute atomic E-state index is 0.240. The van der Waals surface area contributed by atoms with Crippen molar-refractivity contribution >= 4 is 5.69 Å². The summed E-state index contributed by atoms with van der Waals surface area (Å²) in [4.78, 5) is 0. The summed E-state index contributed by atoms with van der Waals surface area (Å²) in [6.07, 6.45) is 0.913. The molecule has 0 amide bonds. The molecule has 0 aromatic heterocycles. The van der Waals surface area contributed by atoms with Gasteiger partial charge in [-0.25, -0.2) is 0 Å². The first-order chi connectivity index (χ1) is 6.72. The number of hydrogen-bond donors (Lipinski definition) is 2. The molecule has 0 saturated heterocycles. The second-order valence-corrected chi connectivity index (χ2v) is 3.23. The van der Waals surface area contributed by atoms with E-state index in [0.29, 0.717) is 5.92 Å². The number of rotatable bonds is 3. The summed E-state index contributed by atoms with van der Waals surface area (Å²) in [6.45, 7) is 6.26. The molecule has 0 fully saturated rings. The fourth-order valence-electron chi connectivity index (χ4n) is 1.12. The molecule has 0 heterocycles. The van der Waals surface area contributed by atoms with Gasteiger partial charge < -0.3 is 10.8 Å². The molecule has 0 aliphatic carbocycles. The van der Waals surface area contributed by atoms with E-state index in [4.69, 9.17) is 10.8 Å². The molecule has 3 N–H and O–H groups in total. The number of aliphatic hydroxyl groups excluding tert-OH is 1. The lowest BCUT2D eigenvalue weighted by molar-refractivity contribution is 0.237. The van der Waals surface area contributed by atoms with Gasteiger partial charge in [0.2, 0.25) is 0 Å². The SMILES string of the molecule is CC.CC(CO)Cc1ccc(N)cc1. The van der Waals surface area contributed by atoms with Gasteiger partial charge in [-0.3, -0.25) is 0 Å². The van der Waals surface area contributed by atoms with Crippen LogP contribution in [-0.2, 0) is 6.42 Å². The first kappa shape index (κ1) is 13.0. The Morgan fingerprint density at radius 3 is 2.14 bits per heavy atom. The molecule has 1 aromatic rings. The van der Waals surface area contributed by atoms with Crippen molar-refractivity contribution < 1.29 is 5.11 Å². The average Bonchev–Trinajstić information content (AvgIpc) is 2.24. The van der Waals surface area contributed by atoms with Gasteiger partial charge in [0.15, 0.2) is 0 Å². The highest BCUT2D eigenvalue weighted by Gasteiger charge is 2.00.